The standard InChI is InChI=1S/C29H38N6O3/c1-18(20-8-10-23(37-7)11-9-20)34-16-21(12-27(34)36)19(2)38-28-24(15-31-6)25(30)13-26(33-28)22-14-32-35(17-22)29(3,4)5/h8-11,13-15,17-19,21H,12,16H2,1-7H3,(H2,30,33)/t18-,19+,21+/m0/s1. The summed E-state index contributed by atoms with van der Waals surface area (Å²) < 4.78 is 13.6. The molecule has 9 heteroatoms. The number of likely N-dealkylation sites (tertiary alicyclic amines) is 1. The minimum Gasteiger partial charge on any atom is -0.497 e. The Morgan fingerprint density at radius 3 is 2.53 bits per heavy atom. The number of rotatable bonds is 8. The number of nitrogens with two attached hydrogens (primary N) is 1. The van der Waals surface area contributed by atoms with Crippen LogP contribution in [0.15, 0.2) is 47.7 Å². The second-order valence-corrected chi connectivity index (χ2v) is 10.8. The maximum absolute atomic E-state index is 13.0. The first-order chi connectivity index (χ1) is 18.0. The van der Waals surface area contributed by atoms with Crippen LogP contribution in [-0.2, 0) is 10.3 Å². The molecule has 1 aromatic carbocycles. The molecule has 2 N–H and O–H groups in total. The molecule has 3 heterocycles. The zero-order valence-electron chi connectivity index (χ0n) is 23.3. The van der Waals surface area contributed by atoms with E-state index in [4.69, 9.17) is 20.2 Å². The van der Waals surface area contributed by atoms with Crippen molar-refractivity contribution in [2.45, 2.75) is 58.7 Å². The van der Waals surface area contributed by atoms with Gasteiger partial charge in [-0.25, -0.2) is 4.98 Å². The van der Waals surface area contributed by atoms with Gasteiger partial charge in [-0.3, -0.25) is 14.5 Å². The lowest BCUT2D eigenvalue weighted by molar-refractivity contribution is -0.129. The molecule has 0 unspecified atom stereocenters. The number of amides is 1. The molecular formula is C29H38N6O3. The second kappa shape index (κ2) is 10.8. The summed E-state index contributed by atoms with van der Waals surface area (Å²) in [5.74, 6) is 1.31. The Morgan fingerprint density at radius 2 is 1.92 bits per heavy atom. The molecule has 3 aromatic rings. The average molecular weight is 519 g/mol. The lowest BCUT2D eigenvalue weighted by atomic mass is 10.0. The van der Waals surface area contributed by atoms with E-state index in [0.717, 1.165) is 16.9 Å². The SMILES string of the molecule is CN=Cc1c(N)cc(-c2cnn(C(C)(C)C)c2)nc1O[C@H](C)[C@@H]1CC(=O)N([C@@H](C)c2ccc(OC)cc2)C1. The van der Waals surface area contributed by atoms with Crippen molar-refractivity contribution in [1.29, 1.82) is 0 Å². The number of anilines is 1. The molecule has 38 heavy (non-hydrogen) atoms. The molecule has 0 aliphatic carbocycles. The topological polar surface area (TPSA) is 108 Å². The van der Waals surface area contributed by atoms with Crippen molar-refractivity contribution in [3.8, 4) is 22.9 Å². The summed E-state index contributed by atoms with van der Waals surface area (Å²) in [7, 11) is 3.32. The molecular weight excluding hydrogens is 480 g/mol. The number of nitrogens with zero attached hydrogens (tertiary/aromatic N) is 5. The van der Waals surface area contributed by atoms with Gasteiger partial charge in [0.1, 0.15) is 11.9 Å². The van der Waals surface area contributed by atoms with Crippen molar-refractivity contribution in [1.82, 2.24) is 19.7 Å². The van der Waals surface area contributed by atoms with Crippen molar-refractivity contribution in [3.63, 3.8) is 0 Å². The van der Waals surface area contributed by atoms with Crippen LogP contribution in [0.4, 0.5) is 5.69 Å². The first-order valence-corrected chi connectivity index (χ1v) is 12.9. The fourth-order valence-corrected chi connectivity index (χ4v) is 4.65. The van der Waals surface area contributed by atoms with Crippen molar-refractivity contribution in [3.05, 3.63) is 53.9 Å². The van der Waals surface area contributed by atoms with E-state index in [2.05, 4.69) is 30.9 Å². The normalized spacial score (nSPS) is 17.7. The van der Waals surface area contributed by atoms with Gasteiger partial charge in [-0.05, 0) is 58.4 Å². The molecule has 1 amide bonds. The summed E-state index contributed by atoms with van der Waals surface area (Å²) in [4.78, 5) is 23.9. The highest BCUT2D eigenvalue weighted by Crippen LogP contribution is 2.34. The molecule has 4 rings (SSSR count). The minimum absolute atomic E-state index is 0.00457. The lowest BCUT2D eigenvalue weighted by Gasteiger charge is -2.27. The maximum Gasteiger partial charge on any atom is 0.225 e. The summed E-state index contributed by atoms with van der Waals surface area (Å²) in [6.45, 7) is 10.9. The highest BCUT2D eigenvalue weighted by molar-refractivity contribution is 5.91. The highest BCUT2D eigenvalue weighted by atomic mass is 16.5. The fraction of sp³-hybridized carbons (Fsp3) is 0.448. The number of aliphatic imine (C=N–C) groups is 1. The van der Waals surface area contributed by atoms with Crippen molar-refractivity contribution < 1.29 is 14.3 Å². The summed E-state index contributed by atoms with van der Waals surface area (Å²) in [5.41, 5.74) is 9.99. The number of methoxy groups -OCH3 is 1. The Bertz CT molecular complexity index is 1310. The van der Waals surface area contributed by atoms with Crippen LogP contribution in [0.2, 0.25) is 0 Å². The number of hydrogen-bond acceptors (Lipinski definition) is 7. The Balaban J connectivity index is 1.55. The molecule has 3 atom stereocenters. The van der Waals surface area contributed by atoms with Crippen LogP contribution >= 0.6 is 0 Å². The van der Waals surface area contributed by atoms with Crippen LogP contribution in [0, 0.1) is 5.92 Å². The Hall–Kier alpha value is -3.88. The van der Waals surface area contributed by atoms with Crippen LogP contribution in [0.5, 0.6) is 11.6 Å². The van der Waals surface area contributed by atoms with Crippen LogP contribution in [0.3, 0.4) is 0 Å². The van der Waals surface area contributed by atoms with Gasteiger partial charge in [-0.1, -0.05) is 12.1 Å². The lowest BCUT2D eigenvalue weighted by Crippen LogP contribution is -2.31. The summed E-state index contributed by atoms with van der Waals surface area (Å²) >= 11 is 0. The molecule has 0 saturated carbocycles. The Morgan fingerprint density at radius 1 is 1.21 bits per heavy atom. The number of ether oxygens (including phenoxy) is 2. The molecule has 0 radical (unpaired) electrons. The third-order valence-corrected chi connectivity index (χ3v) is 7.09. The van der Waals surface area contributed by atoms with E-state index in [0.29, 0.717) is 35.8 Å². The second-order valence-electron chi connectivity index (χ2n) is 10.8. The number of nitrogen functional groups attached to an aromatic ring is 1. The molecule has 1 fully saturated rings. The van der Waals surface area contributed by atoms with Gasteiger partial charge < -0.3 is 20.1 Å². The number of benzene rings is 1. The number of hydrogen-bond donors (Lipinski definition) is 1. The average Bonchev–Trinajstić information content (AvgIpc) is 3.53. The molecule has 9 nitrogen and oxygen atoms in total. The largest absolute Gasteiger partial charge is 0.497 e. The predicted molar refractivity (Wildman–Crippen MR) is 150 cm³/mol. The van der Waals surface area contributed by atoms with Crippen molar-refractivity contribution in [2.75, 3.05) is 26.4 Å². The third-order valence-electron chi connectivity index (χ3n) is 7.09. The van der Waals surface area contributed by atoms with Gasteiger partial charge in [0.2, 0.25) is 11.8 Å². The molecule has 0 bridgehead atoms. The van der Waals surface area contributed by atoms with E-state index in [-0.39, 0.29) is 29.5 Å². The molecule has 202 valence electrons. The van der Waals surface area contributed by atoms with Crippen molar-refractivity contribution >= 4 is 17.8 Å². The third kappa shape index (κ3) is 5.66. The van der Waals surface area contributed by atoms with E-state index >= 15 is 0 Å². The Labute approximate surface area is 224 Å². The number of pyridine rings is 1. The summed E-state index contributed by atoms with van der Waals surface area (Å²) in [6.07, 6.45) is 5.53. The first kappa shape index (κ1) is 27.2. The van der Waals surface area contributed by atoms with Crippen LogP contribution in [0.1, 0.15) is 58.2 Å². The molecule has 2 aromatic heterocycles. The Kier molecular flexibility index (Phi) is 7.76. The van der Waals surface area contributed by atoms with Crippen LogP contribution in [-0.4, -0.2) is 58.6 Å². The van der Waals surface area contributed by atoms with E-state index in [9.17, 15) is 4.79 Å². The quantitative estimate of drug-likeness (QED) is 0.433. The van der Waals surface area contributed by atoms with Gasteiger partial charge in [0.05, 0.1) is 36.1 Å². The molecule has 1 saturated heterocycles. The van der Waals surface area contributed by atoms with Gasteiger partial charge in [-0.2, -0.15) is 5.10 Å². The van der Waals surface area contributed by atoms with Crippen LogP contribution < -0.4 is 15.2 Å². The predicted octanol–water partition coefficient (Wildman–Crippen LogP) is 4.72. The summed E-state index contributed by atoms with van der Waals surface area (Å²) in [5, 5.41) is 4.49. The number of carbonyl (C=O) groups excluding carboxylic acids is 1. The zero-order valence-corrected chi connectivity index (χ0v) is 23.3. The van der Waals surface area contributed by atoms with E-state index in [1.165, 1.54) is 0 Å². The fourth-order valence-electron chi connectivity index (χ4n) is 4.65. The van der Waals surface area contributed by atoms with Gasteiger partial charge in [0.15, 0.2) is 0 Å². The van der Waals surface area contributed by atoms with Gasteiger partial charge in [0, 0.05) is 49.6 Å². The molecule has 1 aliphatic heterocycles. The van der Waals surface area contributed by atoms with E-state index < -0.39 is 0 Å². The maximum atomic E-state index is 13.0. The molecule has 0 spiro atoms. The van der Waals surface area contributed by atoms with E-state index in [1.54, 1.807) is 26.6 Å². The summed E-state index contributed by atoms with van der Waals surface area (Å²) in [6, 6.07) is 9.60. The van der Waals surface area contributed by atoms with Gasteiger partial charge in [0.25, 0.3) is 0 Å². The minimum atomic E-state index is -0.268. The number of aromatic nitrogens is 3. The van der Waals surface area contributed by atoms with Gasteiger partial charge >= 0.3 is 0 Å². The van der Waals surface area contributed by atoms with Gasteiger partial charge in [-0.15, -0.1) is 0 Å². The van der Waals surface area contributed by atoms with Crippen molar-refractivity contribution in [2.24, 2.45) is 10.9 Å². The van der Waals surface area contributed by atoms with E-state index in [1.807, 2.05) is 60.0 Å². The first-order valence-electron chi connectivity index (χ1n) is 12.9. The molecule has 1 aliphatic rings. The smallest absolute Gasteiger partial charge is 0.225 e. The zero-order chi connectivity index (χ0) is 27.6. The van der Waals surface area contributed by atoms with Crippen LogP contribution in [0.25, 0.3) is 11.3 Å². The monoisotopic (exact) mass is 518 g/mol. The number of carbonyl (C=O) groups is 1. The highest BCUT2D eigenvalue weighted by Gasteiger charge is 2.37.